The van der Waals surface area contributed by atoms with Crippen molar-refractivity contribution in [3.63, 3.8) is 0 Å². The van der Waals surface area contributed by atoms with Gasteiger partial charge in [-0.15, -0.1) is 11.8 Å². The molecule has 4 heteroatoms. The lowest BCUT2D eigenvalue weighted by atomic mass is 10.1. The molecule has 3 nitrogen and oxygen atoms in total. The number of thioether (sulfide) groups is 1. The topological polar surface area (TPSA) is 46.3 Å². The highest BCUT2D eigenvalue weighted by atomic mass is 32.2. The third-order valence-electron chi connectivity index (χ3n) is 2.93. The highest BCUT2D eigenvalue weighted by Crippen LogP contribution is 2.38. The van der Waals surface area contributed by atoms with Crippen molar-refractivity contribution >= 4 is 23.4 Å². The second-order valence-electron chi connectivity index (χ2n) is 4.64. The van der Waals surface area contributed by atoms with Crippen LogP contribution in [-0.2, 0) is 11.2 Å². The Morgan fingerprint density at radius 3 is 2.88 bits per heavy atom. The van der Waals surface area contributed by atoms with Crippen molar-refractivity contribution in [1.29, 1.82) is 0 Å². The predicted octanol–water partition coefficient (Wildman–Crippen LogP) is 2.03. The van der Waals surface area contributed by atoms with Crippen LogP contribution in [-0.4, -0.2) is 24.2 Å². The molecule has 1 aliphatic rings. The van der Waals surface area contributed by atoms with Gasteiger partial charge in [-0.1, -0.05) is 6.07 Å². The van der Waals surface area contributed by atoms with Gasteiger partial charge in [-0.05, 0) is 38.0 Å². The highest BCUT2D eigenvalue weighted by Gasteiger charge is 2.27. The molecule has 1 aliphatic heterocycles. The molecule has 0 saturated carbocycles. The summed E-state index contributed by atoms with van der Waals surface area (Å²) in [6, 6.07) is 6.40. The molecule has 0 radical (unpaired) electrons. The zero-order chi connectivity index (χ0) is 12.6. The third-order valence-corrected chi connectivity index (χ3v) is 4.06. The van der Waals surface area contributed by atoms with Crippen molar-refractivity contribution in [2.45, 2.75) is 36.5 Å². The van der Waals surface area contributed by atoms with Crippen LogP contribution < -0.4 is 10.6 Å². The maximum absolute atomic E-state index is 11.8. The molecule has 2 atom stereocenters. The van der Waals surface area contributed by atoms with E-state index in [1.807, 2.05) is 27.0 Å². The zero-order valence-electron chi connectivity index (χ0n) is 10.4. The van der Waals surface area contributed by atoms with Gasteiger partial charge in [0.05, 0.1) is 10.9 Å². The average Bonchev–Trinajstić information content (AvgIpc) is 2.25. The molecule has 0 aromatic heterocycles. The van der Waals surface area contributed by atoms with Crippen LogP contribution in [0.5, 0.6) is 0 Å². The van der Waals surface area contributed by atoms with E-state index in [-0.39, 0.29) is 17.2 Å². The molecule has 0 aliphatic carbocycles. The summed E-state index contributed by atoms with van der Waals surface area (Å²) in [5.74, 6) is 0.169. The molecule has 1 aromatic rings. The second-order valence-corrected chi connectivity index (χ2v) is 6.02. The lowest BCUT2D eigenvalue weighted by Gasteiger charge is -2.29. The number of carbonyl (C=O) groups excluding carboxylic acids is 1. The monoisotopic (exact) mass is 250 g/mol. The van der Waals surface area contributed by atoms with Gasteiger partial charge in [-0.2, -0.15) is 0 Å². The molecule has 0 bridgehead atoms. The third kappa shape index (κ3) is 2.48. The highest BCUT2D eigenvalue weighted by molar-refractivity contribution is 8.00. The van der Waals surface area contributed by atoms with Crippen LogP contribution in [0, 0.1) is 0 Å². The summed E-state index contributed by atoms with van der Waals surface area (Å²) in [4.78, 5) is 14.8. The van der Waals surface area contributed by atoms with Crippen LogP contribution in [0.3, 0.4) is 0 Å². The predicted molar refractivity (Wildman–Crippen MR) is 72.5 cm³/mol. The first-order valence-electron chi connectivity index (χ1n) is 5.81. The Labute approximate surface area is 106 Å². The minimum absolute atomic E-state index is 0.00181. The number of amides is 1. The van der Waals surface area contributed by atoms with Gasteiger partial charge in [0, 0.05) is 18.0 Å². The van der Waals surface area contributed by atoms with E-state index in [1.54, 1.807) is 16.7 Å². The molecule has 17 heavy (non-hydrogen) atoms. The minimum Gasteiger partial charge on any atom is -0.328 e. The fraction of sp³-hybridized carbons (Fsp3) is 0.462. The molecule has 2 unspecified atom stereocenters. The molecular formula is C13H18N2OS. The summed E-state index contributed by atoms with van der Waals surface area (Å²) in [6.45, 7) is 3.95. The normalized spacial score (nSPS) is 21.3. The smallest absolute Gasteiger partial charge is 0.239 e. The van der Waals surface area contributed by atoms with E-state index in [9.17, 15) is 4.79 Å². The van der Waals surface area contributed by atoms with E-state index in [4.69, 9.17) is 5.73 Å². The SMILES string of the molecule is CC(N)Cc1ccc2c(c1)SC(C)C(=O)N2C. The first-order chi connectivity index (χ1) is 7.99. The van der Waals surface area contributed by atoms with Crippen molar-refractivity contribution in [3.8, 4) is 0 Å². The fourth-order valence-corrected chi connectivity index (χ4v) is 3.25. The Hall–Kier alpha value is -1.00. The first-order valence-corrected chi connectivity index (χ1v) is 6.69. The molecule has 0 spiro atoms. The molecule has 2 N–H and O–H groups in total. The lowest BCUT2D eigenvalue weighted by molar-refractivity contribution is -0.117. The van der Waals surface area contributed by atoms with E-state index >= 15 is 0 Å². The van der Waals surface area contributed by atoms with Crippen molar-refractivity contribution in [1.82, 2.24) is 0 Å². The van der Waals surface area contributed by atoms with Crippen LogP contribution in [0.25, 0.3) is 0 Å². The van der Waals surface area contributed by atoms with Gasteiger partial charge in [-0.3, -0.25) is 4.79 Å². The molecule has 92 valence electrons. The van der Waals surface area contributed by atoms with Gasteiger partial charge >= 0.3 is 0 Å². The molecule has 0 fully saturated rings. The van der Waals surface area contributed by atoms with Crippen molar-refractivity contribution in [2.75, 3.05) is 11.9 Å². The summed E-state index contributed by atoms with van der Waals surface area (Å²) in [6.07, 6.45) is 0.875. The first kappa shape index (κ1) is 12.5. The molecule has 1 heterocycles. The van der Waals surface area contributed by atoms with Gasteiger partial charge < -0.3 is 10.6 Å². The van der Waals surface area contributed by atoms with Crippen molar-refractivity contribution in [3.05, 3.63) is 23.8 Å². The summed E-state index contributed by atoms with van der Waals surface area (Å²) >= 11 is 1.63. The van der Waals surface area contributed by atoms with Crippen molar-refractivity contribution in [2.24, 2.45) is 5.73 Å². The maximum atomic E-state index is 11.8. The number of nitrogens with zero attached hydrogens (tertiary/aromatic N) is 1. The Kier molecular flexibility index (Phi) is 3.45. The van der Waals surface area contributed by atoms with E-state index in [0.29, 0.717) is 0 Å². The lowest BCUT2D eigenvalue weighted by Crippen LogP contribution is -2.36. The standard InChI is InChI=1S/C13H18N2OS/c1-8(14)6-10-4-5-11-12(7-10)17-9(2)13(16)15(11)3/h4-5,7-9H,6,14H2,1-3H3. The summed E-state index contributed by atoms with van der Waals surface area (Å²) in [5.41, 5.74) is 8.05. The van der Waals surface area contributed by atoms with Crippen LogP contribution in [0.15, 0.2) is 23.1 Å². The summed E-state index contributed by atoms with van der Waals surface area (Å²) in [5, 5.41) is -0.00181. The van der Waals surface area contributed by atoms with E-state index in [1.165, 1.54) is 10.5 Å². The van der Waals surface area contributed by atoms with Crippen LogP contribution >= 0.6 is 11.8 Å². The quantitative estimate of drug-likeness (QED) is 0.873. The number of benzene rings is 1. The van der Waals surface area contributed by atoms with Crippen LogP contribution in [0.2, 0.25) is 0 Å². The number of hydrogen-bond donors (Lipinski definition) is 1. The van der Waals surface area contributed by atoms with Crippen LogP contribution in [0.1, 0.15) is 19.4 Å². The van der Waals surface area contributed by atoms with E-state index in [2.05, 4.69) is 12.1 Å². The Balaban J connectivity index is 2.33. The number of anilines is 1. The molecular weight excluding hydrogens is 232 g/mol. The number of hydrogen-bond acceptors (Lipinski definition) is 3. The Bertz CT molecular complexity index is 445. The molecule has 1 amide bonds. The van der Waals surface area contributed by atoms with E-state index < -0.39 is 0 Å². The average molecular weight is 250 g/mol. The Morgan fingerprint density at radius 1 is 1.53 bits per heavy atom. The fourth-order valence-electron chi connectivity index (χ4n) is 2.06. The van der Waals surface area contributed by atoms with Gasteiger partial charge in [-0.25, -0.2) is 0 Å². The molecule has 0 saturated heterocycles. The van der Waals surface area contributed by atoms with Crippen molar-refractivity contribution < 1.29 is 4.79 Å². The van der Waals surface area contributed by atoms with Gasteiger partial charge in [0.2, 0.25) is 5.91 Å². The summed E-state index contributed by atoms with van der Waals surface area (Å²) in [7, 11) is 1.84. The zero-order valence-corrected chi connectivity index (χ0v) is 11.3. The number of nitrogens with two attached hydrogens (primary N) is 1. The van der Waals surface area contributed by atoms with Gasteiger partial charge in [0.1, 0.15) is 0 Å². The second kappa shape index (κ2) is 4.70. The van der Waals surface area contributed by atoms with Gasteiger partial charge in [0.25, 0.3) is 0 Å². The number of carbonyl (C=O) groups is 1. The largest absolute Gasteiger partial charge is 0.328 e. The Morgan fingerprint density at radius 2 is 2.24 bits per heavy atom. The number of rotatable bonds is 2. The number of fused-ring (bicyclic) bond motifs is 1. The van der Waals surface area contributed by atoms with E-state index in [0.717, 1.165) is 12.1 Å². The minimum atomic E-state index is -0.00181. The van der Waals surface area contributed by atoms with Gasteiger partial charge in [0.15, 0.2) is 0 Å². The maximum Gasteiger partial charge on any atom is 0.239 e. The summed E-state index contributed by atoms with van der Waals surface area (Å²) < 4.78 is 0. The molecule has 2 rings (SSSR count). The van der Waals surface area contributed by atoms with Crippen LogP contribution in [0.4, 0.5) is 5.69 Å². The molecule has 1 aromatic carbocycles.